The Bertz CT molecular complexity index is 636. The molecule has 0 aliphatic heterocycles. The van der Waals surface area contributed by atoms with E-state index in [9.17, 15) is 9.59 Å². The molecular weight excluding hydrogens is 280 g/mol. The van der Waals surface area contributed by atoms with Crippen LogP contribution >= 0.6 is 11.6 Å². The maximum atomic E-state index is 11.8. The second kappa shape index (κ2) is 6.43. The molecule has 2 aromatic rings. The number of halogens is 1. The summed E-state index contributed by atoms with van der Waals surface area (Å²) in [5.41, 5.74) is 0.901. The highest BCUT2D eigenvalue weighted by Crippen LogP contribution is 2.23. The monoisotopic (exact) mass is 294 g/mol. The number of aromatic nitrogens is 1. The average Bonchev–Trinajstić information content (AvgIpc) is 2.79. The highest BCUT2D eigenvalue weighted by atomic mass is 35.5. The molecule has 0 unspecified atom stereocenters. The Hall–Kier alpha value is -2.01. The molecule has 6 heteroatoms. The van der Waals surface area contributed by atoms with E-state index in [0.717, 1.165) is 10.9 Å². The van der Waals surface area contributed by atoms with Crippen molar-refractivity contribution in [2.24, 2.45) is 0 Å². The van der Waals surface area contributed by atoms with Gasteiger partial charge >= 0.3 is 5.97 Å². The van der Waals surface area contributed by atoms with Crippen molar-refractivity contribution >= 4 is 34.4 Å². The van der Waals surface area contributed by atoms with Crippen LogP contribution in [0.1, 0.15) is 12.8 Å². The maximum absolute atomic E-state index is 11.8. The third-order valence-electron chi connectivity index (χ3n) is 2.96. The normalized spacial score (nSPS) is 10.7. The van der Waals surface area contributed by atoms with Crippen LogP contribution in [0.5, 0.6) is 0 Å². The number of carboxylic acid groups (broad SMARTS) is 1. The zero-order valence-electron chi connectivity index (χ0n) is 10.8. The SMILES string of the molecule is O=C(O)CCCNC(=O)Cn1ccc2c(Cl)cccc21. The number of carboxylic acids is 1. The number of benzene rings is 1. The first kappa shape index (κ1) is 14.4. The summed E-state index contributed by atoms with van der Waals surface area (Å²) in [6.07, 6.45) is 2.30. The van der Waals surface area contributed by atoms with Gasteiger partial charge in [-0.15, -0.1) is 0 Å². The fourth-order valence-corrected chi connectivity index (χ4v) is 2.23. The Morgan fingerprint density at radius 1 is 1.30 bits per heavy atom. The lowest BCUT2D eigenvalue weighted by atomic mass is 10.2. The number of fused-ring (bicyclic) bond motifs is 1. The topological polar surface area (TPSA) is 71.3 Å². The Morgan fingerprint density at radius 3 is 2.85 bits per heavy atom. The summed E-state index contributed by atoms with van der Waals surface area (Å²) in [6.45, 7) is 0.558. The molecule has 0 radical (unpaired) electrons. The third-order valence-corrected chi connectivity index (χ3v) is 3.29. The smallest absolute Gasteiger partial charge is 0.303 e. The molecule has 0 fully saturated rings. The fraction of sp³-hybridized carbons (Fsp3) is 0.286. The van der Waals surface area contributed by atoms with E-state index in [-0.39, 0.29) is 18.9 Å². The minimum atomic E-state index is -0.856. The quantitative estimate of drug-likeness (QED) is 0.803. The van der Waals surface area contributed by atoms with E-state index in [0.29, 0.717) is 18.0 Å². The molecular formula is C14H15ClN2O3. The van der Waals surface area contributed by atoms with Crippen molar-refractivity contribution in [3.8, 4) is 0 Å². The zero-order valence-corrected chi connectivity index (χ0v) is 11.6. The van der Waals surface area contributed by atoms with Crippen LogP contribution in [0, 0.1) is 0 Å². The lowest BCUT2D eigenvalue weighted by molar-refractivity contribution is -0.137. The van der Waals surface area contributed by atoms with E-state index in [4.69, 9.17) is 16.7 Å². The van der Waals surface area contributed by atoms with Crippen LogP contribution in [0.25, 0.3) is 10.9 Å². The van der Waals surface area contributed by atoms with Crippen LogP contribution in [0.2, 0.25) is 5.02 Å². The predicted molar refractivity (Wildman–Crippen MR) is 76.8 cm³/mol. The molecule has 0 bridgehead atoms. The van der Waals surface area contributed by atoms with Crippen molar-refractivity contribution in [3.05, 3.63) is 35.5 Å². The summed E-state index contributed by atoms with van der Waals surface area (Å²) >= 11 is 6.07. The molecule has 0 spiro atoms. The van der Waals surface area contributed by atoms with E-state index < -0.39 is 5.97 Å². The lowest BCUT2D eigenvalue weighted by Crippen LogP contribution is -2.28. The molecule has 0 aliphatic carbocycles. The number of hydrogen-bond acceptors (Lipinski definition) is 2. The Morgan fingerprint density at radius 2 is 2.10 bits per heavy atom. The number of hydrogen-bond donors (Lipinski definition) is 2. The van der Waals surface area contributed by atoms with Gasteiger partial charge in [-0.2, -0.15) is 0 Å². The van der Waals surface area contributed by atoms with E-state index >= 15 is 0 Å². The maximum Gasteiger partial charge on any atom is 0.303 e. The van der Waals surface area contributed by atoms with Crippen LogP contribution in [-0.4, -0.2) is 28.1 Å². The summed E-state index contributed by atoms with van der Waals surface area (Å²) < 4.78 is 1.81. The number of aliphatic carboxylic acids is 1. The molecule has 1 heterocycles. The molecule has 0 atom stereocenters. The largest absolute Gasteiger partial charge is 0.481 e. The molecule has 0 saturated heterocycles. The lowest BCUT2D eigenvalue weighted by Gasteiger charge is -2.07. The number of rotatable bonds is 6. The van der Waals surface area contributed by atoms with Gasteiger partial charge in [-0.25, -0.2) is 0 Å². The van der Waals surface area contributed by atoms with Gasteiger partial charge in [0.15, 0.2) is 0 Å². The molecule has 2 rings (SSSR count). The van der Waals surface area contributed by atoms with Crippen molar-refractivity contribution in [2.45, 2.75) is 19.4 Å². The van der Waals surface area contributed by atoms with Crippen molar-refractivity contribution in [2.75, 3.05) is 6.54 Å². The minimum Gasteiger partial charge on any atom is -0.481 e. The summed E-state index contributed by atoms with van der Waals surface area (Å²) in [5, 5.41) is 12.8. The molecule has 5 nitrogen and oxygen atoms in total. The molecule has 1 aromatic carbocycles. The van der Waals surface area contributed by atoms with E-state index in [1.807, 2.05) is 29.0 Å². The first-order chi connectivity index (χ1) is 9.58. The number of carbonyl (C=O) groups is 2. The van der Waals surface area contributed by atoms with Gasteiger partial charge < -0.3 is 15.0 Å². The Labute approximate surface area is 121 Å². The summed E-state index contributed by atoms with van der Waals surface area (Å²) in [5.74, 6) is -1.00. The van der Waals surface area contributed by atoms with Gasteiger partial charge in [-0.05, 0) is 24.6 Å². The summed E-state index contributed by atoms with van der Waals surface area (Å²) in [7, 11) is 0. The van der Waals surface area contributed by atoms with Gasteiger partial charge in [-0.1, -0.05) is 17.7 Å². The standard InChI is InChI=1S/C14H15ClN2O3/c15-11-3-1-4-12-10(11)6-8-17(12)9-13(18)16-7-2-5-14(19)20/h1,3-4,6,8H,2,5,7,9H2,(H,16,18)(H,19,20). The number of amides is 1. The molecule has 0 saturated carbocycles. The van der Waals surface area contributed by atoms with E-state index in [1.54, 1.807) is 6.07 Å². The number of nitrogens with zero attached hydrogens (tertiary/aromatic N) is 1. The molecule has 1 aromatic heterocycles. The van der Waals surface area contributed by atoms with Gasteiger partial charge in [-0.3, -0.25) is 9.59 Å². The van der Waals surface area contributed by atoms with Crippen molar-refractivity contribution < 1.29 is 14.7 Å². The molecule has 2 N–H and O–H groups in total. The first-order valence-corrected chi connectivity index (χ1v) is 6.67. The molecule has 106 valence electrons. The minimum absolute atomic E-state index is 0.0579. The second-order valence-electron chi connectivity index (χ2n) is 4.46. The zero-order chi connectivity index (χ0) is 14.5. The predicted octanol–water partition coefficient (Wildman–Crippen LogP) is 2.28. The summed E-state index contributed by atoms with van der Waals surface area (Å²) in [4.78, 5) is 22.1. The second-order valence-corrected chi connectivity index (χ2v) is 4.87. The third kappa shape index (κ3) is 3.51. The number of nitrogens with one attached hydrogen (secondary N) is 1. The Kier molecular flexibility index (Phi) is 4.63. The fourth-order valence-electron chi connectivity index (χ4n) is 2.00. The van der Waals surface area contributed by atoms with Gasteiger partial charge in [0, 0.05) is 35.1 Å². The van der Waals surface area contributed by atoms with Gasteiger partial charge in [0.05, 0.1) is 0 Å². The van der Waals surface area contributed by atoms with Crippen molar-refractivity contribution in [3.63, 3.8) is 0 Å². The highest BCUT2D eigenvalue weighted by molar-refractivity contribution is 6.35. The van der Waals surface area contributed by atoms with Crippen LogP contribution in [0.3, 0.4) is 0 Å². The van der Waals surface area contributed by atoms with E-state index in [2.05, 4.69) is 5.32 Å². The molecule has 0 aliphatic rings. The first-order valence-electron chi connectivity index (χ1n) is 6.30. The number of carbonyl (C=O) groups excluding carboxylic acids is 1. The van der Waals surface area contributed by atoms with E-state index in [1.165, 1.54) is 0 Å². The van der Waals surface area contributed by atoms with Gasteiger partial charge in [0.25, 0.3) is 0 Å². The average molecular weight is 295 g/mol. The Balaban J connectivity index is 1.93. The molecule has 20 heavy (non-hydrogen) atoms. The van der Waals surface area contributed by atoms with Crippen LogP contribution in [0.15, 0.2) is 30.5 Å². The van der Waals surface area contributed by atoms with Gasteiger partial charge in [0.2, 0.25) is 5.91 Å². The van der Waals surface area contributed by atoms with Gasteiger partial charge in [0.1, 0.15) is 6.54 Å². The van der Waals surface area contributed by atoms with Crippen molar-refractivity contribution in [1.29, 1.82) is 0 Å². The summed E-state index contributed by atoms with van der Waals surface area (Å²) in [6, 6.07) is 7.42. The highest BCUT2D eigenvalue weighted by Gasteiger charge is 2.07. The molecule has 1 amide bonds. The van der Waals surface area contributed by atoms with Crippen LogP contribution in [-0.2, 0) is 16.1 Å². The van der Waals surface area contributed by atoms with Crippen LogP contribution in [0.4, 0.5) is 0 Å². The van der Waals surface area contributed by atoms with Crippen molar-refractivity contribution in [1.82, 2.24) is 9.88 Å². The van der Waals surface area contributed by atoms with Crippen LogP contribution < -0.4 is 5.32 Å².